The molecule has 0 aliphatic rings. The number of benzene rings is 11. The Balaban J connectivity index is 0.989. The zero-order chi connectivity index (χ0) is 42.4. The van der Waals surface area contributed by atoms with Gasteiger partial charge >= 0.3 is 0 Å². The molecule has 11 aromatic carbocycles. The van der Waals surface area contributed by atoms with Crippen molar-refractivity contribution in [1.82, 2.24) is 4.57 Å². The van der Waals surface area contributed by atoms with E-state index in [4.69, 9.17) is 0 Å². The van der Waals surface area contributed by atoms with Crippen LogP contribution >= 0.6 is 0 Å². The van der Waals surface area contributed by atoms with Crippen molar-refractivity contribution in [2.24, 2.45) is 0 Å². The molecule has 0 fully saturated rings. The summed E-state index contributed by atoms with van der Waals surface area (Å²) < 4.78 is 2.38. The van der Waals surface area contributed by atoms with Gasteiger partial charge in [0.2, 0.25) is 0 Å². The molecule has 1 heterocycles. The first-order valence-corrected chi connectivity index (χ1v) is 22.0. The van der Waals surface area contributed by atoms with Crippen LogP contribution in [0.5, 0.6) is 0 Å². The van der Waals surface area contributed by atoms with Crippen molar-refractivity contribution < 1.29 is 0 Å². The van der Waals surface area contributed by atoms with Gasteiger partial charge in [0.15, 0.2) is 0 Å². The lowest BCUT2D eigenvalue weighted by Crippen LogP contribution is -2.11. The molecule has 1 aromatic heterocycles. The Morgan fingerprint density at radius 3 is 1.11 bits per heavy atom. The summed E-state index contributed by atoms with van der Waals surface area (Å²) in [5.41, 5.74) is 16.5. The number of anilines is 3. The summed E-state index contributed by atoms with van der Waals surface area (Å²) in [5, 5.41) is 7.40. The van der Waals surface area contributed by atoms with Crippen LogP contribution in [0.25, 0.3) is 93.5 Å². The molecule has 0 bridgehead atoms. The molecule has 12 aromatic rings. The van der Waals surface area contributed by atoms with Crippen LogP contribution in [0.2, 0.25) is 0 Å². The number of hydrogen-bond donors (Lipinski definition) is 0. The van der Waals surface area contributed by atoms with Crippen LogP contribution in [0, 0.1) is 0 Å². The zero-order valence-corrected chi connectivity index (χ0v) is 35.1. The van der Waals surface area contributed by atoms with Crippen LogP contribution in [-0.2, 0) is 0 Å². The molecule has 64 heavy (non-hydrogen) atoms. The van der Waals surface area contributed by atoms with Gasteiger partial charge < -0.3 is 9.47 Å². The number of para-hydroxylation sites is 2. The summed E-state index contributed by atoms with van der Waals surface area (Å²) in [6, 6.07) is 92.6. The highest BCUT2D eigenvalue weighted by molar-refractivity contribution is 6.10. The molecule has 0 atom stereocenters. The minimum absolute atomic E-state index is 1.08. The van der Waals surface area contributed by atoms with E-state index in [1.807, 2.05) is 0 Å². The third-order valence-electron chi connectivity index (χ3n) is 12.8. The molecule has 0 radical (unpaired) electrons. The van der Waals surface area contributed by atoms with Crippen molar-refractivity contribution in [3.63, 3.8) is 0 Å². The van der Waals surface area contributed by atoms with Gasteiger partial charge in [-0.2, -0.15) is 0 Å². The minimum atomic E-state index is 1.08. The third kappa shape index (κ3) is 6.44. The monoisotopic (exact) mass is 814 g/mol. The summed E-state index contributed by atoms with van der Waals surface area (Å²) in [6.45, 7) is 0. The maximum absolute atomic E-state index is 2.42. The Labute approximate surface area is 373 Å². The van der Waals surface area contributed by atoms with Gasteiger partial charge in [-0.15, -0.1) is 0 Å². The van der Waals surface area contributed by atoms with E-state index in [0.29, 0.717) is 0 Å². The molecule has 0 aliphatic carbocycles. The van der Waals surface area contributed by atoms with E-state index >= 15 is 0 Å². The van der Waals surface area contributed by atoms with E-state index < -0.39 is 0 Å². The van der Waals surface area contributed by atoms with Crippen LogP contribution in [0.3, 0.4) is 0 Å². The molecule has 0 saturated heterocycles. The summed E-state index contributed by atoms with van der Waals surface area (Å²) in [4.78, 5) is 2.42. The van der Waals surface area contributed by atoms with Crippen LogP contribution < -0.4 is 4.90 Å². The fourth-order valence-corrected chi connectivity index (χ4v) is 9.79. The fraction of sp³-hybridized carbons (Fsp3) is 0. The first kappa shape index (κ1) is 37.3. The second kappa shape index (κ2) is 15.8. The predicted octanol–water partition coefficient (Wildman–Crippen LogP) is 17.2. The Hall–Kier alpha value is -8.46. The Morgan fingerprint density at radius 1 is 0.234 bits per heavy atom. The second-order valence-electron chi connectivity index (χ2n) is 16.5. The summed E-state index contributed by atoms with van der Waals surface area (Å²) in [5.74, 6) is 0. The molecule has 2 nitrogen and oxygen atoms in total. The van der Waals surface area contributed by atoms with Crippen LogP contribution in [0.15, 0.2) is 255 Å². The zero-order valence-electron chi connectivity index (χ0n) is 35.1. The molecule has 0 N–H and O–H groups in total. The first-order chi connectivity index (χ1) is 31.8. The topological polar surface area (TPSA) is 8.17 Å². The molecule has 0 spiro atoms. The molecule has 0 unspecified atom stereocenters. The molecule has 0 aliphatic heterocycles. The van der Waals surface area contributed by atoms with Crippen LogP contribution in [-0.4, -0.2) is 4.57 Å². The molecule has 0 amide bonds. The van der Waals surface area contributed by atoms with Gasteiger partial charge in [-0.1, -0.05) is 200 Å². The number of hydrogen-bond acceptors (Lipinski definition) is 1. The molecular weight excluding hydrogens is 773 g/mol. The molecule has 2 heteroatoms. The smallest absolute Gasteiger partial charge is 0.0541 e. The molecule has 12 rings (SSSR count). The van der Waals surface area contributed by atoms with Gasteiger partial charge in [-0.05, 0) is 115 Å². The van der Waals surface area contributed by atoms with Crippen LogP contribution in [0.4, 0.5) is 17.1 Å². The van der Waals surface area contributed by atoms with Gasteiger partial charge in [-0.25, -0.2) is 0 Å². The first-order valence-electron chi connectivity index (χ1n) is 22.0. The van der Waals surface area contributed by atoms with E-state index in [1.54, 1.807) is 0 Å². The summed E-state index contributed by atoms with van der Waals surface area (Å²) in [6.07, 6.45) is 0. The fourth-order valence-electron chi connectivity index (χ4n) is 9.79. The van der Waals surface area contributed by atoms with Gasteiger partial charge in [0, 0.05) is 33.2 Å². The lowest BCUT2D eigenvalue weighted by Gasteiger charge is -2.28. The molecular formula is C62H42N2. The van der Waals surface area contributed by atoms with E-state index in [1.165, 1.54) is 87.9 Å². The van der Waals surface area contributed by atoms with Crippen molar-refractivity contribution >= 4 is 60.4 Å². The van der Waals surface area contributed by atoms with Crippen molar-refractivity contribution in [3.8, 4) is 50.2 Å². The van der Waals surface area contributed by atoms with E-state index in [9.17, 15) is 0 Å². The quantitative estimate of drug-likeness (QED) is 0.148. The number of aromatic nitrogens is 1. The van der Waals surface area contributed by atoms with Gasteiger partial charge in [0.05, 0.1) is 16.7 Å². The van der Waals surface area contributed by atoms with Crippen molar-refractivity contribution in [1.29, 1.82) is 0 Å². The summed E-state index contributed by atoms with van der Waals surface area (Å²) in [7, 11) is 0. The lowest BCUT2D eigenvalue weighted by molar-refractivity contribution is 1.17. The van der Waals surface area contributed by atoms with Gasteiger partial charge in [0.25, 0.3) is 0 Å². The number of rotatable bonds is 8. The maximum Gasteiger partial charge on any atom is 0.0541 e. The number of fused-ring (bicyclic) bond motifs is 5. The normalized spacial score (nSPS) is 11.4. The highest BCUT2D eigenvalue weighted by Crippen LogP contribution is 2.44. The van der Waals surface area contributed by atoms with Gasteiger partial charge in [0.1, 0.15) is 0 Å². The van der Waals surface area contributed by atoms with E-state index in [0.717, 1.165) is 22.7 Å². The standard InChI is InChI=1S/C62H42N2/c1-3-15-43(16-4-1)44-27-29-46(30-28-44)53-41-42-62(57-22-10-9-21-56(53)57)63(49-35-37-50(38-36-49)64-60-25-13-11-23-58(60)59-24-12-14-26-61(59)64)48-33-31-47(32-34-48)52-40-39-51(45-17-5-2-6-18-45)54-19-7-8-20-55(52)54/h1-42H. The van der Waals surface area contributed by atoms with Crippen molar-refractivity contribution in [3.05, 3.63) is 255 Å². The Bertz CT molecular complexity index is 3570. The molecule has 300 valence electrons. The average molecular weight is 815 g/mol. The lowest BCUT2D eigenvalue weighted by atomic mass is 9.92. The molecule has 0 saturated carbocycles. The van der Waals surface area contributed by atoms with Gasteiger partial charge in [-0.3, -0.25) is 0 Å². The minimum Gasteiger partial charge on any atom is -0.310 e. The third-order valence-corrected chi connectivity index (χ3v) is 12.8. The average Bonchev–Trinajstić information content (AvgIpc) is 3.71. The van der Waals surface area contributed by atoms with E-state index in [2.05, 4.69) is 264 Å². The highest BCUT2D eigenvalue weighted by Gasteiger charge is 2.19. The largest absolute Gasteiger partial charge is 0.310 e. The van der Waals surface area contributed by atoms with Crippen LogP contribution in [0.1, 0.15) is 0 Å². The second-order valence-corrected chi connectivity index (χ2v) is 16.5. The Morgan fingerprint density at radius 2 is 0.578 bits per heavy atom. The SMILES string of the molecule is c1ccc(-c2ccc(-c3ccc(N(c4ccc(-c5ccc(-c6ccccc6)c6ccccc56)cc4)c4ccc(-n5c6ccccc6c6ccccc65)cc4)c4ccccc34)cc2)cc1. The maximum atomic E-state index is 2.42. The van der Waals surface area contributed by atoms with Crippen molar-refractivity contribution in [2.45, 2.75) is 0 Å². The van der Waals surface area contributed by atoms with Crippen molar-refractivity contribution in [2.75, 3.05) is 4.90 Å². The highest BCUT2D eigenvalue weighted by atomic mass is 15.1. The summed E-state index contributed by atoms with van der Waals surface area (Å²) >= 11 is 0. The Kier molecular flexibility index (Phi) is 9.20. The predicted molar refractivity (Wildman–Crippen MR) is 272 cm³/mol. The number of nitrogens with zero attached hydrogens (tertiary/aromatic N) is 2. The van der Waals surface area contributed by atoms with E-state index in [-0.39, 0.29) is 0 Å².